The molecule has 0 N–H and O–H groups in total. The summed E-state index contributed by atoms with van der Waals surface area (Å²) in [4.78, 5) is 3.79. The first-order valence-electron chi connectivity index (χ1n) is 6.22. The second-order valence-corrected chi connectivity index (χ2v) is 6.42. The first kappa shape index (κ1) is 14.6. The van der Waals surface area contributed by atoms with Gasteiger partial charge in [0.2, 0.25) is 0 Å². The minimum Gasteiger partial charge on any atom is -0.496 e. The van der Waals surface area contributed by atoms with Crippen molar-refractivity contribution in [3.63, 3.8) is 0 Å². The number of thiophene rings is 1. The van der Waals surface area contributed by atoms with E-state index in [1.165, 1.54) is 10.4 Å². The fourth-order valence-corrected chi connectivity index (χ4v) is 3.24. The summed E-state index contributed by atoms with van der Waals surface area (Å²) in [5.41, 5.74) is 1.29. The summed E-state index contributed by atoms with van der Waals surface area (Å²) in [7, 11) is 3.85. The lowest BCUT2D eigenvalue weighted by atomic mass is 10.2. The number of benzene rings is 1. The Bertz CT molecular complexity index is 513. The zero-order valence-corrected chi connectivity index (χ0v) is 13.6. The molecule has 0 atom stereocenters. The Morgan fingerprint density at radius 3 is 2.79 bits per heavy atom. The normalized spacial score (nSPS) is 10.9. The highest BCUT2D eigenvalue weighted by atomic mass is 79.9. The highest BCUT2D eigenvalue weighted by Gasteiger charge is 2.05. The zero-order valence-electron chi connectivity index (χ0n) is 11.2. The van der Waals surface area contributed by atoms with Crippen LogP contribution in [0.5, 0.6) is 5.75 Å². The van der Waals surface area contributed by atoms with Crippen molar-refractivity contribution in [2.24, 2.45) is 0 Å². The monoisotopic (exact) mass is 339 g/mol. The molecular weight excluding hydrogens is 322 g/mol. The van der Waals surface area contributed by atoms with Gasteiger partial charge in [-0.15, -0.1) is 11.3 Å². The molecule has 0 bridgehead atoms. The molecule has 1 heterocycles. The van der Waals surface area contributed by atoms with Crippen LogP contribution in [-0.4, -0.2) is 25.6 Å². The van der Waals surface area contributed by atoms with Crippen LogP contribution >= 0.6 is 27.3 Å². The third-order valence-electron chi connectivity index (χ3n) is 2.99. The average molecular weight is 340 g/mol. The van der Waals surface area contributed by atoms with Crippen LogP contribution in [0.4, 0.5) is 0 Å². The van der Waals surface area contributed by atoms with Gasteiger partial charge in [-0.3, -0.25) is 0 Å². The summed E-state index contributed by atoms with van der Waals surface area (Å²) in [6.07, 6.45) is 1.12. The van der Waals surface area contributed by atoms with Crippen LogP contribution in [0.1, 0.15) is 10.4 Å². The van der Waals surface area contributed by atoms with E-state index in [1.807, 2.05) is 17.4 Å². The summed E-state index contributed by atoms with van der Waals surface area (Å²) >= 11 is 5.35. The summed E-state index contributed by atoms with van der Waals surface area (Å²) in [6, 6.07) is 10.6. The van der Waals surface area contributed by atoms with E-state index in [4.69, 9.17) is 4.74 Å². The van der Waals surface area contributed by atoms with Crippen LogP contribution in [0.3, 0.4) is 0 Å². The van der Waals surface area contributed by atoms with Gasteiger partial charge >= 0.3 is 0 Å². The molecule has 0 saturated heterocycles. The first-order chi connectivity index (χ1) is 9.19. The fourth-order valence-electron chi connectivity index (χ4n) is 1.95. The Balaban J connectivity index is 1.88. The molecule has 0 aliphatic heterocycles. The second kappa shape index (κ2) is 7.08. The molecule has 2 nitrogen and oxygen atoms in total. The van der Waals surface area contributed by atoms with Crippen molar-refractivity contribution in [3.05, 3.63) is 50.6 Å². The van der Waals surface area contributed by atoms with Crippen LogP contribution in [0.15, 0.2) is 40.2 Å². The van der Waals surface area contributed by atoms with Gasteiger partial charge in [0, 0.05) is 18.0 Å². The third-order valence-corrected chi connectivity index (χ3v) is 4.54. The largest absolute Gasteiger partial charge is 0.496 e. The van der Waals surface area contributed by atoms with Crippen LogP contribution in [0, 0.1) is 0 Å². The molecule has 0 spiro atoms. The van der Waals surface area contributed by atoms with Gasteiger partial charge < -0.3 is 9.64 Å². The summed E-state index contributed by atoms with van der Waals surface area (Å²) in [5.74, 6) is 0.880. The van der Waals surface area contributed by atoms with Gasteiger partial charge in [-0.25, -0.2) is 0 Å². The molecule has 0 aliphatic carbocycles. The lowest BCUT2D eigenvalue weighted by molar-refractivity contribution is 0.331. The fraction of sp³-hybridized carbons (Fsp3) is 0.333. The van der Waals surface area contributed by atoms with E-state index in [9.17, 15) is 0 Å². The van der Waals surface area contributed by atoms with Gasteiger partial charge in [-0.2, -0.15) is 0 Å². The Hall–Kier alpha value is -0.840. The van der Waals surface area contributed by atoms with Gasteiger partial charge in [-0.1, -0.05) is 12.1 Å². The molecule has 102 valence electrons. The van der Waals surface area contributed by atoms with Gasteiger partial charge in [0.15, 0.2) is 0 Å². The standard InChI is InChI=1S/C15H18BrNOS/c1-17(8-7-13-4-3-9-19-13)11-12-5-6-15(18-2)14(16)10-12/h3-6,9-10H,7-8,11H2,1-2H3. The summed E-state index contributed by atoms with van der Waals surface area (Å²) < 4.78 is 6.26. The lowest BCUT2D eigenvalue weighted by Gasteiger charge is -2.16. The van der Waals surface area contributed by atoms with E-state index in [0.29, 0.717) is 0 Å². The molecular formula is C15H18BrNOS. The second-order valence-electron chi connectivity index (χ2n) is 4.54. The van der Waals surface area contributed by atoms with Crippen molar-refractivity contribution in [1.82, 2.24) is 4.90 Å². The number of methoxy groups -OCH3 is 1. The van der Waals surface area contributed by atoms with E-state index < -0.39 is 0 Å². The number of hydrogen-bond donors (Lipinski definition) is 0. The maximum Gasteiger partial charge on any atom is 0.133 e. The molecule has 0 radical (unpaired) electrons. The molecule has 2 rings (SSSR count). The SMILES string of the molecule is COc1ccc(CN(C)CCc2cccs2)cc1Br. The van der Waals surface area contributed by atoms with Gasteiger partial charge in [0.05, 0.1) is 11.6 Å². The van der Waals surface area contributed by atoms with Crippen LogP contribution in [0.25, 0.3) is 0 Å². The van der Waals surface area contributed by atoms with Gasteiger partial charge in [0.25, 0.3) is 0 Å². The molecule has 4 heteroatoms. The minimum absolute atomic E-state index is 0.880. The van der Waals surface area contributed by atoms with Crippen molar-refractivity contribution in [1.29, 1.82) is 0 Å². The van der Waals surface area contributed by atoms with E-state index in [-0.39, 0.29) is 0 Å². The van der Waals surface area contributed by atoms with E-state index in [0.717, 1.165) is 29.7 Å². The van der Waals surface area contributed by atoms with Crippen molar-refractivity contribution in [3.8, 4) is 5.75 Å². The predicted molar refractivity (Wildman–Crippen MR) is 85.1 cm³/mol. The maximum atomic E-state index is 5.24. The quantitative estimate of drug-likeness (QED) is 0.782. The smallest absolute Gasteiger partial charge is 0.133 e. The van der Waals surface area contributed by atoms with Crippen LogP contribution in [-0.2, 0) is 13.0 Å². The minimum atomic E-state index is 0.880. The molecule has 0 amide bonds. The van der Waals surface area contributed by atoms with Crippen LogP contribution < -0.4 is 4.74 Å². The Morgan fingerprint density at radius 1 is 1.32 bits per heavy atom. The van der Waals surface area contributed by atoms with Crippen LogP contribution in [0.2, 0.25) is 0 Å². The molecule has 1 aromatic heterocycles. The van der Waals surface area contributed by atoms with Crippen molar-refractivity contribution < 1.29 is 4.74 Å². The molecule has 0 fully saturated rings. The zero-order chi connectivity index (χ0) is 13.7. The van der Waals surface area contributed by atoms with Crippen molar-refractivity contribution >= 4 is 27.3 Å². The van der Waals surface area contributed by atoms with Crippen molar-refractivity contribution in [2.75, 3.05) is 20.7 Å². The Kier molecular flexibility index (Phi) is 5.43. The van der Waals surface area contributed by atoms with E-state index in [1.54, 1.807) is 7.11 Å². The number of rotatable bonds is 6. The molecule has 19 heavy (non-hydrogen) atoms. The molecule has 0 saturated carbocycles. The molecule has 1 aromatic carbocycles. The average Bonchev–Trinajstić information content (AvgIpc) is 2.90. The van der Waals surface area contributed by atoms with Crippen molar-refractivity contribution in [2.45, 2.75) is 13.0 Å². The number of halogens is 1. The highest BCUT2D eigenvalue weighted by molar-refractivity contribution is 9.10. The van der Waals surface area contributed by atoms with E-state index >= 15 is 0 Å². The van der Waals surface area contributed by atoms with Gasteiger partial charge in [0.1, 0.15) is 5.75 Å². The maximum absolute atomic E-state index is 5.24. The number of likely N-dealkylation sites (N-methyl/N-ethyl adjacent to an activating group) is 1. The van der Waals surface area contributed by atoms with E-state index in [2.05, 4.69) is 57.5 Å². The molecule has 2 aromatic rings. The highest BCUT2D eigenvalue weighted by Crippen LogP contribution is 2.25. The summed E-state index contributed by atoms with van der Waals surface area (Å²) in [5, 5.41) is 2.13. The van der Waals surface area contributed by atoms with Gasteiger partial charge in [-0.05, 0) is 58.5 Å². The molecule has 0 unspecified atom stereocenters. The third kappa shape index (κ3) is 4.34. The topological polar surface area (TPSA) is 12.5 Å². The number of nitrogens with zero attached hydrogens (tertiary/aromatic N) is 1. The lowest BCUT2D eigenvalue weighted by Crippen LogP contribution is -2.20. The number of ether oxygens (including phenoxy) is 1. The Labute approximate surface area is 127 Å². The first-order valence-corrected chi connectivity index (χ1v) is 7.89. The Morgan fingerprint density at radius 2 is 2.16 bits per heavy atom. The summed E-state index contributed by atoms with van der Waals surface area (Å²) in [6.45, 7) is 2.03. The predicted octanol–water partition coefficient (Wildman–Crippen LogP) is 4.19. The molecule has 0 aliphatic rings. The number of hydrogen-bond acceptors (Lipinski definition) is 3.